The summed E-state index contributed by atoms with van der Waals surface area (Å²) in [6, 6.07) is 0. The zero-order valence-corrected chi connectivity index (χ0v) is 13.8. The van der Waals surface area contributed by atoms with Crippen molar-refractivity contribution >= 4 is 11.9 Å². The summed E-state index contributed by atoms with van der Waals surface area (Å²) in [4.78, 5) is 26.9. The second-order valence-corrected chi connectivity index (χ2v) is 5.71. The van der Waals surface area contributed by atoms with Gasteiger partial charge in [0.2, 0.25) is 6.29 Å². The minimum absolute atomic E-state index is 0.0814. The molecule has 0 aromatic carbocycles. The maximum absolute atomic E-state index is 11.6. The second kappa shape index (κ2) is 9.42. The molecule has 1 aliphatic rings. The maximum atomic E-state index is 11.6. The molecule has 0 radical (unpaired) electrons. The van der Waals surface area contributed by atoms with Crippen LogP contribution in [0, 0.1) is 0 Å². The lowest BCUT2D eigenvalue weighted by Crippen LogP contribution is -2.22. The lowest BCUT2D eigenvalue weighted by atomic mass is 10.4. The number of esters is 2. The fraction of sp³-hybridized carbons (Fsp3) is 0.733. The minimum atomic E-state index is -0.606. The Labute approximate surface area is 131 Å². The van der Waals surface area contributed by atoms with Crippen LogP contribution in [0.25, 0.3) is 0 Å². The van der Waals surface area contributed by atoms with E-state index in [4.69, 9.17) is 14.2 Å². The summed E-state index contributed by atoms with van der Waals surface area (Å²) in [5, 5.41) is 0. The van der Waals surface area contributed by atoms with E-state index < -0.39 is 6.29 Å². The van der Waals surface area contributed by atoms with Gasteiger partial charge in [0.15, 0.2) is 0 Å². The topological polar surface area (TPSA) is 68.3 Å². The van der Waals surface area contributed by atoms with Crippen molar-refractivity contribution < 1.29 is 23.8 Å². The molecule has 1 heterocycles. The van der Waals surface area contributed by atoms with Gasteiger partial charge in [-0.25, -0.2) is 0 Å². The van der Waals surface area contributed by atoms with Gasteiger partial charge in [-0.2, -0.15) is 0 Å². The SMILES string of the molecule is CN(C)CCC(=O)OCC1=CC[C@H](OC(=O)CCN(C)C)O1. The lowest BCUT2D eigenvalue weighted by Gasteiger charge is -2.15. The Hall–Kier alpha value is -1.60. The first-order chi connectivity index (χ1) is 10.4. The van der Waals surface area contributed by atoms with Crippen LogP contribution in [0.2, 0.25) is 0 Å². The fourth-order valence-corrected chi connectivity index (χ4v) is 1.72. The third kappa shape index (κ3) is 7.99. The molecule has 0 amide bonds. The highest BCUT2D eigenvalue weighted by atomic mass is 16.7. The quantitative estimate of drug-likeness (QED) is 0.577. The first-order valence-electron chi connectivity index (χ1n) is 7.37. The average molecular weight is 314 g/mol. The zero-order chi connectivity index (χ0) is 16.5. The summed E-state index contributed by atoms with van der Waals surface area (Å²) >= 11 is 0. The first kappa shape index (κ1) is 18.4. The molecule has 1 atom stereocenters. The van der Waals surface area contributed by atoms with Crippen molar-refractivity contribution in [1.29, 1.82) is 0 Å². The van der Waals surface area contributed by atoms with Crippen LogP contribution in [0.4, 0.5) is 0 Å². The van der Waals surface area contributed by atoms with Crippen LogP contribution < -0.4 is 0 Å². The Bertz CT molecular complexity index is 407. The van der Waals surface area contributed by atoms with Gasteiger partial charge in [0.25, 0.3) is 0 Å². The summed E-state index contributed by atoms with van der Waals surface area (Å²) in [7, 11) is 7.57. The van der Waals surface area contributed by atoms with Crippen LogP contribution in [0.5, 0.6) is 0 Å². The molecule has 7 heteroatoms. The van der Waals surface area contributed by atoms with Gasteiger partial charge < -0.3 is 24.0 Å². The maximum Gasteiger partial charge on any atom is 0.310 e. The van der Waals surface area contributed by atoms with Crippen molar-refractivity contribution in [3.8, 4) is 0 Å². The van der Waals surface area contributed by atoms with Gasteiger partial charge >= 0.3 is 11.9 Å². The van der Waals surface area contributed by atoms with Crippen LogP contribution >= 0.6 is 0 Å². The normalized spacial score (nSPS) is 17.4. The fourth-order valence-electron chi connectivity index (χ4n) is 1.72. The Morgan fingerprint density at radius 1 is 1.14 bits per heavy atom. The number of nitrogens with zero attached hydrogens (tertiary/aromatic N) is 2. The van der Waals surface area contributed by atoms with E-state index >= 15 is 0 Å². The van der Waals surface area contributed by atoms with E-state index in [2.05, 4.69) is 0 Å². The molecule has 7 nitrogen and oxygen atoms in total. The molecule has 0 aromatic heterocycles. The molecule has 1 rings (SSSR count). The molecule has 0 aliphatic carbocycles. The van der Waals surface area contributed by atoms with Gasteiger partial charge in [-0.1, -0.05) is 0 Å². The van der Waals surface area contributed by atoms with Crippen molar-refractivity contribution in [2.45, 2.75) is 25.6 Å². The Morgan fingerprint density at radius 2 is 1.73 bits per heavy atom. The van der Waals surface area contributed by atoms with Crippen molar-refractivity contribution in [3.63, 3.8) is 0 Å². The lowest BCUT2D eigenvalue weighted by molar-refractivity contribution is -0.170. The van der Waals surface area contributed by atoms with Crippen LogP contribution in [-0.2, 0) is 23.8 Å². The molecule has 0 spiro atoms. The highest BCUT2D eigenvalue weighted by Crippen LogP contribution is 2.19. The number of ether oxygens (including phenoxy) is 3. The standard InChI is InChI=1S/C15H26N2O5/c1-16(2)9-7-13(18)20-11-12-5-6-15(21-12)22-14(19)8-10-17(3)4/h5,15H,6-11H2,1-4H3/t15-/m0/s1. The van der Waals surface area contributed by atoms with E-state index in [0.29, 0.717) is 38.1 Å². The molecule has 1 aliphatic heterocycles. The van der Waals surface area contributed by atoms with E-state index in [1.807, 2.05) is 38.0 Å². The van der Waals surface area contributed by atoms with E-state index in [1.165, 1.54) is 0 Å². The molecule has 0 fully saturated rings. The second-order valence-electron chi connectivity index (χ2n) is 5.71. The van der Waals surface area contributed by atoms with E-state index in [9.17, 15) is 9.59 Å². The van der Waals surface area contributed by atoms with Gasteiger partial charge in [-0.15, -0.1) is 0 Å². The van der Waals surface area contributed by atoms with Crippen molar-refractivity contribution in [1.82, 2.24) is 9.80 Å². The molecule has 126 valence electrons. The van der Waals surface area contributed by atoms with Crippen molar-refractivity contribution in [2.24, 2.45) is 0 Å². The third-order valence-corrected chi connectivity index (χ3v) is 2.99. The van der Waals surface area contributed by atoms with E-state index in [0.717, 1.165) is 0 Å². The number of carbonyl (C=O) groups is 2. The molecule has 0 saturated heterocycles. The highest BCUT2D eigenvalue weighted by molar-refractivity contribution is 5.70. The number of carbonyl (C=O) groups excluding carboxylic acids is 2. The summed E-state index contributed by atoms with van der Waals surface area (Å²) < 4.78 is 15.7. The van der Waals surface area contributed by atoms with E-state index in [-0.39, 0.29) is 18.5 Å². The average Bonchev–Trinajstić information content (AvgIpc) is 2.88. The van der Waals surface area contributed by atoms with Gasteiger partial charge in [0, 0.05) is 19.5 Å². The molecule has 0 saturated carbocycles. The number of hydrogen-bond acceptors (Lipinski definition) is 7. The Morgan fingerprint density at radius 3 is 2.32 bits per heavy atom. The molecular weight excluding hydrogens is 288 g/mol. The summed E-state index contributed by atoms with van der Waals surface area (Å²) in [5.41, 5.74) is 0. The van der Waals surface area contributed by atoms with Crippen LogP contribution in [-0.4, -0.2) is 75.9 Å². The largest absolute Gasteiger partial charge is 0.457 e. The number of rotatable bonds is 9. The third-order valence-electron chi connectivity index (χ3n) is 2.99. The summed E-state index contributed by atoms with van der Waals surface area (Å²) in [6.07, 6.45) is 2.32. The highest BCUT2D eigenvalue weighted by Gasteiger charge is 2.22. The van der Waals surface area contributed by atoms with Crippen LogP contribution in [0.15, 0.2) is 11.8 Å². The number of hydrogen-bond donors (Lipinski definition) is 0. The first-order valence-corrected chi connectivity index (χ1v) is 7.37. The predicted molar refractivity (Wildman–Crippen MR) is 81.0 cm³/mol. The van der Waals surface area contributed by atoms with Gasteiger partial charge in [0.05, 0.1) is 12.8 Å². The summed E-state index contributed by atoms with van der Waals surface area (Å²) in [6.45, 7) is 1.36. The van der Waals surface area contributed by atoms with Gasteiger partial charge in [-0.05, 0) is 34.3 Å². The van der Waals surface area contributed by atoms with Crippen molar-refractivity contribution in [2.75, 3.05) is 47.9 Å². The molecule has 0 N–H and O–H groups in total. The smallest absolute Gasteiger partial charge is 0.310 e. The molecule has 0 unspecified atom stereocenters. The molecule has 0 aromatic rings. The van der Waals surface area contributed by atoms with Crippen LogP contribution in [0.3, 0.4) is 0 Å². The van der Waals surface area contributed by atoms with Gasteiger partial charge in [-0.3, -0.25) is 9.59 Å². The monoisotopic (exact) mass is 314 g/mol. The molecular formula is C15H26N2O5. The van der Waals surface area contributed by atoms with Gasteiger partial charge in [0.1, 0.15) is 12.4 Å². The predicted octanol–water partition coefficient (Wildman–Crippen LogP) is 0.607. The minimum Gasteiger partial charge on any atom is -0.457 e. The Balaban J connectivity index is 2.17. The summed E-state index contributed by atoms with van der Waals surface area (Å²) in [5.74, 6) is -0.0374. The van der Waals surface area contributed by atoms with E-state index in [1.54, 1.807) is 6.08 Å². The molecule has 0 bridgehead atoms. The molecule has 22 heavy (non-hydrogen) atoms. The zero-order valence-electron chi connectivity index (χ0n) is 13.8. The van der Waals surface area contributed by atoms with Crippen LogP contribution in [0.1, 0.15) is 19.3 Å². The Kier molecular flexibility index (Phi) is 7.90. The van der Waals surface area contributed by atoms with Crippen molar-refractivity contribution in [3.05, 3.63) is 11.8 Å².